The largest absolute Gasteiger partial charge is 0.349 e. The van der Waals surface area contributed by atoms with E-state index in [1.807, 2.05) is 12.1 Å². The van der Waals surface area contributed by atoms with Crippen molar-refractivity contribution in [3.63, 3.8) is 0 Å². The summed E-state index contributed by atoms with van der Waals surface area (Å²) in [7, 11) is 0. The number of amides is 1. The molecule has 4 heteroatoms. The Morgan fingerprint density at radius 1 is 0.853 bits per heavy atom. The lowest BCUT2D eigenvalue weighted by Gasteiger charge is -2.32. The van der Waals surface area contributed by atoms with Crippen LogP contribution in [0.4, 0.5) is 0 Å². The van der Waals surface area contributed by atoms with Crippen molar-refractivity contribution in [3.8, 4) is 0 Å². The number of carbonyl (C=O) groups excluding carboxylic acids is 1. The van der Waals surface area contributed by atoms with Crippen LogP contribution in [0.15, 0.2) is 84.9 Å². The smallest absolute Gasteiger partial charge is 0.253 e. The number of aromatic nitrogens is 1. The Kier molecular flexibility index (Phi) is 6.77. The summed E-state index contributed by atoms with van der Waals surface area (Å²) in [6.45, 7) is 5.99. The number of likely N-dealkylation sites (tertiary alicyclic amines) is 1. The molecule has 0 bridgehead atoms. The minimum atomic E-state index is 0.0586. The standard InChI is InChI=1S/C30H33N3O/c1-23-29(27-14-8-9-15-28(27)33(23)22-25-12-6-3-7-13-25)30(34)31-26-17-20-32(21-18-26)19-16-24-10-4-2-5-11-24/h2-15,26H,16-22H2,1H3,(H,31,34). The van der Waals surface area contributed by atoms with Gasteiger partial charge in [-0.3, -0.25) is 4.79 Å². The summed E-state index contributed by atoms with van der Waals surface area (Å²) >= 11 is 0. The number of fused-ring (bicyclic) bond motifs is 1. The average Bonchev–Trinajstić information content (AvgIpc) is 3.16. The Balaban J connectivity index is 1.25. The molecule has 174 valence electrons. The third-order valence-corrected chi connectivity index (χ3v) is 7.12. The van der Waals surface area contributed by atoms with Crippen LogP contribution in [0.2, 0.25) is 0 Å². The van der Waals surface area contributed by atoms with Crippen molar-refractivity contribution in [2.75, 3.05) is 19.6 Å². The lowest BCUT2D eigenvalue weighted by Crippen LogP contribution is -2.45. The van der Waals surface area contributed by atoms with E-state index >= 15 is 0 Å². The number of para-hydroxylation sites is 1. The van der Waals surface area contributed by atoms with Gasteiger partial charge < -0.3 is 14.8 Å². The molecule has 5 rings (SSSR count). The maximum Gasteiger partial charge on any atom is 0.253 e. The third-order valence-electron chi connectivity index (χ3n) is 7.12. The first-order valence-electron chi connectivity index (χ1n) is 12.4. The lowest BCUT2D eigenvalue weighted by atomic mass is 10.0. The van der Waals surface area contributed by atoms with Crippen LogP contribution >= 0.6 is 0 Å². The van der Waals surface area contributed by atoms with Gasteiger partial charge in [0.15, 0.2) is 0 Å². The molecule has 0 spiro atoms. The van der Waals surface area contributed by atoms with E-state index in [-0.39, 0.29) is 11.9 Å². The molecular formula is C30H33N3O. The molecule has 2 heterocycles. The first kappa shape index (κ1) is 22.4. The fourth-order valence-corrected chi connectivity index (χ4v) is 5.18. The quantitative estimate of drug-likeness (QED) is 0.407. The molecule has 1 amide bonds. The van der Waals surface area contributed by atoms with Gasteiger partial charge in [0.2, 0.25) is 0 Å². The first-order valence-corrected chi connectivity index (χ1v) is 12.4. The van der Waals surface area contributed by atoms with Crippen LogP contribution < -0.4 is 5.32 Å². The molecule has 0 atom stereocenters. The van der Waals surface area contributed by atoms with Crippen LogP contribution in [0.25, 0.3) is 10.9 Å². The summed E-state index contributed by atoms with van der Waals surface area (Å²) in [4.78, 5) is 16.0. The Morgan fingerprint density at radius 2 is 1.47 bits per heavy atom. The van der Waals surface area contributed by atoms with Crippen molar-refractivity contribution in [1.82, 2.24) is 14.8 Å². The summed E-state index contributed by atoms with van der Waals surface area (Å²) in [5.41, 5.74) is 5.59. The van der Waals surface area contributed by atoms with Gasteiger partial charge in [0.25, 0.3) is 5.91 Å². The molecule has 1 aromatic heterocycles. The Bertz CT molecular complexity index is 1240. The van der Waals surface area contributed by atoms with Gasteiger partial charge in [-0.05, 0) is 43.4 Å². The number of nitrogens with zero attached hydrogens (tertiary/aromatic N) is 2. The van der Waals surface area contributed by atoms with Gasteiger partial charge in [0, 0.05) is 48.8 Å². The second-order valence-corrected chi connectivity index (χ2v) is 9.37. The molecule has 0 unspecified atom stereocenters. The van der Waals surface area contributed by atoms with Crippen molar-refractivity contribution in [2.24, 2.45) is 0 Å². The summed E-state index contributed by atoms with van der Waals surface area (Å²) in [6, 6.07) is 29.6. The van der Waals surface area contributed by atoms with Crippen LogP contribution in [-0.2, 0) is 13.0 Å². The van der Waals surface area contributed by atoms with Gasteiger partial charge in [-0.25, -0.2) is 0 Å². The summed E-state index contributed by atoms with van der Waals surface area (Å²) in [5, 5.41) is 4.40. The molecule has 4 aromatic rings. The van der Waals surface area contributed by atoms with E-state index in [2.05, 4.69) is 94.5 Å². The second kappa shape index (κ2) is 10.3. The molecule has 1 aliphatic rings. The maximum atomic E-state index is 13.5. The van der Waals surface area contributed by atoms with Crippen molar-refractivity contribution < 1.29 is 4.79 Å². The average molecular weight is 452 g/mol. The minimum Gasteiger partial charge on any atom is -0.349 e. The van der Waals surface area contributed by atoms with Gasteiger partial charge in [-0.1, -0.05) is 78.9 Å². The van der Waals surface area contributed by atoms with E-state index in [4.69, 9.17) is 0 Å². The maximum absolute atomic E-state index is 13.5. The fraction of sp³-hybridized carbons (Fsp3) is 0.300. The SMILES string of the molecule is Cc1c(C(=O)NC2CCN(CCc3ccccc3)CC2)c2ccccc2n1Cc1ccccc1. The van der Waals surface area contributed by atoms with E-state index < -0.39 is 0 Å². The zero-order valence-electron chi connectivity index (χ0n) is 19.9. The van der Waals surface area contributed by atoms with Crippen LogP contribution in [0.3, 0.4) is 0 Å². The molecule has 0 aliphatic carbocycles. The van der Waals surface area contributed by atoms with Crippen LogP contribution in [-0.4, -0.2) is 41.1 Å². The number of nitrogens with one attached hydrogen (secondary N) is 1. The Hall–Kier alpha value is -3.37. The molecule has 3 aromatic carbocycles. The van der Waals surface area contributed by atoms with E-state index in [1.54, 1.807) is 0 Å². The highest BCUT2D eigenvalue weighted by atomic mass is 16.1. The van der Waals surface area contributed by atoms with Gasteiger partial charge in [-0.15, -0.1) is 0 Å². The molecule has 1 N–H and O–H groups in total. The van der Waals surface area contributed by atoms with Crippen molar-refractivity contribution in [3.05, 3.63) is 107 Å². The normalized spacial score (nSPS) is 15.0. The van der Waals surface area contributed by atoms with E-state index in [0.717, 1.165) is 67.6 Å². The highest BCUT2D eigenvalue weighted by molar-refractivity contribution is 6.08. The highest BCUT2D eigenvalue weighted by Gasteiger charge is 2.24. The molecule has 1 fully saturated rings. The number of hydrogen-bond acceptors (Lipinski definition) is 2. The van der Waals surface area contributed by atoms with Gasteiger partial charge >= 0.3 is 0 Å². The number of hydrogen-bond donors (Lipinski definition) is 1. The predicted molar refractivity (Wildman–Crippen MR) is 139 cm³/mol. The van der Waals surface area contributed by atoms with Gasteiger partial charge in [0.1, 0.15) is 0 Å². The Morgan fingerprint density at radius 3 is 2.18 bits per heavy atom. The van der Waals surface area contributed by atoms with Crippen LogP contribution in [0, 0.1) is 6.92 Å². The summed E-state index contributed by atoms with van der Waals surface area (Å²) < 4.78 is 2.27. The van der Waals surface area contributed by atoms with Crippen molar-refractivity contribution in [2.45, 2.75) is 38.8 Å². The molecule has 4 nitrogen and oxygen atoms in total. The molecule has 1 saturated heterocycles. The van der Waals surface area contributed by atoms with Crippen molar-refractivity contribution in [1.29, 1.82) is 0 Å². The second-order valence-electron chi connectivity index (χ2n) is 9.37. The van der Waals surface area contributed by atoms with Crippen LogP contribution in [0.5, 0.6) is 0 Å². The molecular weight excluding hydrogens is 418 g/mol. The van der Waals surface area contributed by atoms with Gasteiger partial charge in [-0.2, -0.15) is 0 Å². The first-order chi connectivity index (χ1) is 16.7. The topological polar surface area (TPSA) is 37.3 Å². The Labute approximate surface area is 202 Å². The molecule has 1 aliphatic heterocycles. The van der Waals surface area contributed by atoms with Gasteiger partial charge in [0.05, 0.1) is 5.56 Å². The lowest BCUT2D eigenvalue weighted by molar-refractivity contribution is 0.0912. The molecule has 0 saturated carbocycles. The number of benzene rings is 3. The minimum absolute atomic E-state index is 0.0586. The molecule has 34 heavy (non-hydrogen) atoms. The number of piperidine rings is 1. The highest BCUT2D eigenvalue weighted by Crippen LogP contribution is 2.27. The zero-order chi connectivity index (χ0) is 23.3. The number of carbonyl (C=O) groups is 1. The van der Waals surface area contributed by atoms with E-state index in [1.165, 1.54) is 11.1 Å². The molecule has 0 radical (unpaired) electrons. The predicted octanol–water partition coefficient (Wildman–Crippen LogP) is 5.43. The monoisotopic (exact) mass is 451 g/mol. The van der Waals surface area contributed by atoms with Crippen LogP contribution in [0.1, 0.15) is 40.0 Å². The van der Waals surface area contributed by atoms with E-state index in [0.29, 0.717) is 0 Å². The fourth-order valence-electron chi connectivity index (χ4n) is 5.18. The third kappa shape index (κ3) is 4.92. The van der Waals surface area contributed by atoms with E-state index in [9.17, 15) is 4.79 Å². The number of rotatable bonds is 7. The zero-order valence-corrected chi connectivity index (χ0v) is 19.9. The van der Waals surface area contributed by atoms with Crippen molar-refractivity contribution >= 4 is 16.8 Å². The summed E-state index contributed by atoms with van der Waals surface area (Å²) in [5.74, 6) is 0.0586. The summed E-state index contributed by atoms with van der Waals surface area (Å²) in [6.07, 6.45) is 3.09.